The highest BCUT2D eigenvalue weighted by Gasteiger charge is 2.22. The number of nitrogens with zero attached hydrogens (tertiary/aromatic N) is 3. The molecule has 1 heterocycles. The molecule has 0 aromatic carbocycles. The molecular weight excluding hydrogens is 270 g/mol. The Morgan fingerprint density at radius 1 is 1.28 bits per heavy atom. The number of sulfonamides is 1. The number of hydrogen-bond donors (Lipinski definition) is 0. The SMILES string of the molecule is CN(C)CCCN(C)S(=O)(=O)c1ccc(C#N)s1. The van der Waals surface area contributed by atoms with Crippen LogP contribution in [0.1, 0.15) is 11.3 Å². The van der Waals surface area contributed by atoms with Crippen LogP contribution in [0.4, 0.5) is 0 Å². The van der Waals surface area contributed by atoms with E-state index >= 15 is 0 Å². The van der Waals surface area contributed by atoms with Crippen LogP contribution in [-0.4, -0.2) is 51.9 Å². The Balaban J connectivity index is 2.71. The number of thiophene rings is 1. The van der Waals surface area contributed by atoms with Gasteiger partial charge in [0.25, 0.3) is 10.0 Å². The Hall–Kier alpha value is -0.940. The number of hydrogen-bond acceptors (Lipinski definition) is 5. The predicted octanol–water partition coefficient (Wildman–Crippen LogP) is 1.19. The van der Waals surface area contributed by atoms with Gasteiger partial charge in [-0.05, 0) is 39.2 Å². The summed E-state index contributed by atoms with van der Waals surface area (Å²) in [6.07, 6.45) is 0.777. The Bertz CT molecular complexity index is 529. The molecule has 100 valence electrons. The lowest BCUT2D eigenvalue weighted by Gasteiger charge is -2.17. The highest BCUT2D eigenvalue weighted by Crippen LogP contribution is 2.23. The van der Waals surface area contributed by atoms with E-state index in [9.17, 15) is 8.42 Å². The lowest BCUT2D eigenvalue weighted by Crippen LogP contribution is -2.29. The smallest absolute Gasteiger partial charge is 0.252 e. The summed E-state index contributed by atoms with van der Waals surface area (Å²) in [6.45, 7) is 1.31. The van der Waals surface area contributed by atoms with Crippen molar-refractivity contribution in [3.63, 3.8) is 0 Å². The van der Waals surface area contributed by atoms with Gasteiger partial charge in [-0.1, -0.05) is 0 Å². The minimum absolute atomic E-state index is 0.228. The van der Waals surface area contributed by atoms with Gasteiger partial charge in [0.1, 0.15) is 15.2 Å². The van der Waals surface area contributed by atoms with Crippen LogP contribution in [0.2, 0.25) is 0 Å². The molecule has 0 unspecified atom stereocenters. The fourth-order valence-electron chi connectivity index (χ4n) is 1.40. The highest BCUT2D eigenvalue weighted by atomic mass is 32.2. The van der Waals surface area contributed by atoms with Crippen molar-refractivity contribution in [1.82, 2.24) is 9.21 Å². The van der Waals surface area contributed by atoms with Crippen molar-refractivity contribution < 1.29 is 8.42 Å². The summed E-state index contributed by atoms with van der Waals surface area (Å²) >= 11 is 1.01. The first kappa shape index (κ1) is 15.1. The Kier molecular flexibility index (Phi) is 5.28. The second-order valence-electron chi connectivity index (χ2n) is 4.21. The van der Waals surface area contributed by atoms with E-state index < -0.39 is 10.0 Å². The van der Waals surface area contributed by atoms with Gasteiger partial charge >= 0.3 is 0 Å². The summed E-state index contributed by atoms with van der Waals surface area (Å²) in [6, 6.07) is 4.97. The van der Waals surface area contributed by atoms with Crippen LogP contribution >= 0.6 is 11.3 Å². The minimum Gasteiger partial charge on any atom is -0.309 e. The largest absolute Gasteiger partial charge is 0.309 e. The molecule has 0 amide bonds. The maximum atomic E-state index is 12.2. The topological polar surface area (TPSA) is 64.4 Å². The minimum atomic E-state index is -3.44. The van der Waals surface area contributed by atoms with E-state index in [1.165, 1.54) is 16.4 Å². The average molecular weight is 287 g/mol. The third kappa shape index (κ3) is 3.78. The molecule has 0 spiro atoms. The van der Waals surface area contributed by atoms with E-state index in [0.717, 1.165) is 24.3 Å². The van der Waals surface area contributed by atoms with Gasteiger partial charge in [0, 0.05) is 13.6 Å². The molecule has 0 saturated heterocycles. The Morgan fingerprint density at radius 3 is 2.44 bits per heavy atom. The van der Waals surface area contributed by atoms with Gasteiger partial charge in [0.2, 0.25) is 0 Å². The zero-order valence-electron chi connectivity index (χ0n) is 10.8. The quantitative estimate of drug-likeness (QED) is 0.788. The summed E-state index contributed by atoms with van der Waals surface area (Å²) in [5.41, 5.74) is 0. The standard InChI is InChI=1S/C11H17N3O2S2/c1-13(2)7-4-8-14(3)18(15,16)11-6-5-10(9-12)17-11/h5-6H,4,7-8H2,1-3H3. The van der Waals surface area contributed by atoms with Gasteiger partial charge in [-0.25, -0.2) is 12.7 Å². The van der Waals surface area contributed by atoms with Crippen LogP contribution in [0.3, 0.4) is 0 Å². The van der Waals surface area contributed by atoms with Crippen LogP contribution in [0.25, 0.3) is 0 Å². The molecule has 1 aromatic rings. The summed E-state index contributed by atoms with van der Waals surface area (Å²) in [7, 11) is 2.02. The lowest BCUT2D eigenvalue weighted by molar-refractivity contribution is 0.370. The monoisotopic (exact) mass is 287 g/mol. The fraction of sp³-hybridized carbons (Fsp3) is 0.545. The van der Waals surface area contributed by atoms with Crippen molar-refractivity contribution in [1.29, 1.82) is 5.26 Å². The summed E-state index contributed by atoms with van der Waals surface area (Å²) in [5.74, 6) is 0. The molecule has 1 rings (SSSR count). The van der Waals surface area contributed by atoms with Crippen LogP contribution in [0, 0.1) is 11.3 Å². The van der Waals surface area contributed by atoms with Crippen LogP contribution < -0.4 is 0 Å². The van der Waals surface area contributed by atoms with Crippen molar-refractivity contribution in [3.05, 3.63) is 17.0 Å². The fourth-order valence-corrected chi connectivity index (χ4v) is 3.93. The molecule has 0 aliphatic carbocycles. The van der Waals surface area contributed by atoms with E-state index in [-0.39, 0.29) is 4.21 Å². The molecule has 1 aromatic heterocycles. The normalized spacial score (nSPS) is 12.0. The van der Waals surface area contributed by atoms with Crippen molar-refractivity contribution in [2.75, 3.05) is 34.2 Å². The van der Waals surface area contributed by atoms with Crippen LogP contribution in [0.5, 0.6) is 0 Å². The third-order valence-corrected chi connectivity index (χ3v) is 5.75. The summed E-state index contributed by atoms with van der Waals surface area (Å²) in [4.78, 5) is 2.43. The molecule has 0 bridgehead atoms. The van der Waals surface area contributed by atoms with Crippen molar-refractivity contribution >= 4 is 21.4 Å². The first-order valence-corrected chi connectivity index (χ1v) is 7.74. The van der Waals surface area contributed by atoms with Crippen LogP contribution in [0.15, 0.2) is 16.3 Å². The number of rotatable bonds is 6. The van der Waals surface area contributed by atoms with Gasteiger partial charge in [-0.15, -0.1) is 11.3 Å². The molecule has 7 heteroatoms. The predicted molar refractivity (Wildman–Crippen MR) is 72.0 cm³/mol. The van der Waals surface area contributed by atoms with Crippen molar-refractivity contribution in [3.8, 4) is 6.07 Å². The van der Waals surface area contributed by atoms with E-state index in [1.807, 2.05) is 25.1 Å². The Labute approximate surface area is 112 Å². The molecule has 0 fully saturated rings. The van der Waals surface area contributed by atoms with Crippen molar-refractivity contribution in [2.45, 2.75) is 10.6 Å². The molecule has 0 aliphatic rings. The zero-order chi connectivity index (χ0) is 13.8. The van der Waals surface area contributed by atoms with Crippen LogP contribution in [-0.2, 0) is 10.0 Å². The van der Waals surface area contributed by atoms with Gasteiger partial charge < -0.3 is 4.90 Å². The molecular formula is C11H17N3O2S2. The molecule has 18 heavy (non-hydrogen) atoms. The first-order chi connectivity index (χ1) is 8.37. The van der Waals surface area contributed by atoms with E-state index in [4.69, 9.17) is 5.26 Å². The Morgan fingerprint density at radius 2 is 1.94 bits per heavy atom. The molecule has 0 saturated carbocycles. The zero-order valence-corrected chi connectivity index (χ0v) is 12.4. The average Bonchev–Trinajstić information content (AvgIpc) is 2.77. The second-order valence-corrected chi connectivity index (χ2v) is 7.57. The first-order valence-electron chi connectivity index (χ1n) is 5.49. The van der Waals surface area contributed by atoms with Gasteiger partial charge in [0.05, 0.1) is 0 Å². The van der Waals surface area contributed by atoms with Crippen molar-refractivity contribution in [2.24, 2.45) is 0 Å². The maximum Gasteiger partial charge on any atom is 0.252 e. The van der Waals surface area contributed by atoms with E-state index in [0.29, 0.717) is 11.4 Å². The van der Waals surface area contributed by atoms with Gasteiger partial charge in [-0.3, -0.25) is 0 Å². The summed E-state index contributed by atoms with van der Waals surface area (Å²) in [5, 5.41) is 8.70. The molecule has 0 N–H and O–H groups in total. The van der Waals surface area contributed by atoms with E-state index in [1.54, 1.807) is 7.05 Å². The van der Waals surface area contributed by atoms with Gasteiger partial charge in [0.15, 0.2) is 0 Å². The van der Waals surface area contributed by atoms with E-state index in [2.05, 4.69) is 0 Å². The molecule has 0 aliphatic heterocycles. The number of nitriles is 1. The maximum absolute atomic E-state index is 12.2. The second kappa shape index (κ2) is 6.29. The summed E-state index contributed by atoms with van der Waals surface area (Å²) < 4.78 is 25.9. The molecule has 5 nitrogen and oxygen atoms in total. The molecule has 0 radical (unpaired) electrons. The van der Waals surface area contributed by atoms with Gasteiger partial charge in [-0.2, -0.15) is 5.26 Å². The lowest BCUT2D eigenvalue weighted by atomic mass is 10.4. The highest BCUT2D eigenvalue weighted by molar-refractivity contribution is 7.91. The third-order valence-electron chi connectivity index (χ3n) is 2.43. The molecule has 0 atom stereocenters.